The molecule has 1 aromatic rings. The first-order valence-corrected chi connectivity index (χ1v) is 3.63. The first-order chi connectivity index (χ1) is 5.24. The van der Waals surface area contributed by atoms with Crippen LogP contribution in [-0.2, 0) is 0 Å². The molecule has 0 atom stereocenters. The minimum Gasteiger partial charge on any atom is -0.330 e. The van der Waals surface area contributed by atoms with Crippen LogP contribution in [0.3, 0.4) is 0 Å². The van der Waals surface area contributed by atoms with E-state index in [0.29, 0.717) is 6.54 Å². The molecule has 0 aliphatic heterocycles. The minimum atomic E-state index is 0.635. The Balaban J connectivity index is 2.69. The van der Waals surface area contributed by atoms with Gasteiger partial charge in [-0.1, -0.05) is 6.58 Å². The van der Waals surface area contributed by atoms with E-state index in [4.69, 9.17) is 5.73 Å². The normalized spacial score (nSPS) is 10.0. The molecule has 3 heteroatoms. The Labute approximate surface area is 66.5 Å². The zero-order valence-corrected chi connectivity index (χ0v) is 6.75. The van der Waals surface area contributed by atoms with Crippen molar-refractivity contribution in [3.63, 3.8) is 0 Å². The summed E-state index contributed by atoms with van der Waals surface area (Å²) < 4.78 is 1.90. The maximum Gasteiger partial charge on any atom is 0.0992 e. The molecule has 2 N–H and O–H groups in total. The van der Waals surface area contributed by atoms with Crippen LogP contribution in [0.2, 0.25) is 0 Å². The van der Waals surface area contributed by atoms with E-state index >= 15 is 0 Å². The molecule has 0 radical (unpaired) electrons. The van der Waals surface area contributed by atoms with Gasteiger partial charge in [-0.3, -0.25) is 0 Å². The van der Waals surface area contributed by atoms with E-state index in [0.717, 1.165) is 17.8 Å². The smallest absolute Gasteiger partial charge is 0.0992 e. The van der Waals surface area contributed by atoms with Gasteiger partial charge in [-0.15, -0.1) is 0 Å². The van der Waals surface area contributed by atoms with Gasteiger partial charge in [0.05, 0.1) is 12.0 Å². The fraction of sp³-hybridized carbons (Fsp3) is 0.375. The summed E-state index contributed by atoms with van der Waals surface area (Å²) in [5, 5.41) is 0. The number of rotatable bonds is 3. The minimum absolute atomic E-state index is 0.635. The maximum atomic E-state index is 5.38. The lowest BCUT2D eigenvalue weighted by atomic mass is 10.3. The molecule has 60 valence electrons. The Morgan fingerprint density at radius 3 is 3.00 bits per heavy atom. The van der Waals surface area contributed by atoms with Crippen LogP contribution < -0.4 is 5.73 Å². The molecule has 0 amide bonds. The summed E-state index contributed by atoms with van der Waals surface area (Å²) in [5.41, 5.74) is 7.38. The molecule has 11 heavy (non-hydrogen) atoms. The van der Waals surface area contributed by atoms with Crippen molar-refractivity contribution >= 4 is 5.70 Å². The predicted molar refractivity (Wildman–Crippen MR) is 46.0 cm³/mol. The monoisotopic (exact) mass is 151 g/mol. The summed E-state index contributed by atoms with van der Waals surface area (Å²) in [4.78, 5) is 4.08. The third kappa shape index (κ3) is 1.91. The van der Waals surface area contributed by atoms with Gasteiger partial charge in [0, 0.05) is 11.9 Å². The zero-order chi connectivity index (χ0) is 8.27. The highest BCUT2D eigenvalue weighted by atomic mass is 15.0. The molecular weight excluding hydrogens is 138 g/mol. The van der Waals surface area contributed by atoms with Crippen molar-refractivity contribution < 1.29 is 0 Å². The van der Waals surface area contributed by atoms with Gasteiger partial charge in [0.2, 0.25) is 0 Å². The quantitative estimate of drug-likeness (QED) is 0.700. The third-order valence-corrected chi connectivity index (χ3v) is 1.51. The third-order valence-electron chi connectivity index (χ3n) is 1.51. The standard InChI is InChI=1S/C8H13N3/c1-7-5-11(6-10-7)8(2)3-4-9/h5-6H,2-4,9H2,1H3. The van der Waals surface area contributed by atoms with Gasteiger partial charge in [-0.2, -0.15) is 0 Å². The van der Waals surface area contributed by atoms with Crippen LogP contribution in [0.25, 0.3) is 5.70 Å². The van der Waals surface area contributed by atoms with Crippen LogP contribution in [-0.4, -0.2) is 16.1 Å². The molecular formula is C8H13N3. The molecule has 1 heterocycles. The van der Waals surface area contributed by atoms with E-state index in [1.165, 1.54) is 0 Å². The Hall–Kier alpha value is -1.09. The highest BCUT2D eigenvalue weighted by Gasteiger charge is 1.96. The van der Waals surface area contributed by atoms with Crippen molar-refractivity contribution in [3.8, 4) is 0 Å². The van der Waals surface area contributed by atoms with Crippen LogP contribution in [0.15, 0.2) is 19.1 Å². The SMILES string of the molecule is C=C(CCN)n1cnc(C)c1. The number of imidazole rings is 1. The average Bonchev–Trinajstić information content (AvgIpc) is 2.36. The van der Waals surface area contributed by atoms with Gasteiger partial charge in [-0.05, 0) is 19.9 Å². The van der Waals surface area contributed by atoms with Gasteiger partial charge in [-0.25, -0.2) is 4.98 Å². The molecule has 1 aromatic heterocycles. The van der Waals surface area contributed by atoms with Crippen molar-refractivity contribution in [1.29, 1.82) is 0 Å². The second-order valence-corrected chi connectivity index (χ2v) is 2.53. The van der Waals surface area contributed by atoms with Crippen LogP contribution in [0.5, 0.6) is 0 Å². The largest absolute Gasteiger partial charge is 0.330 e. The Bertz CT molecular complexity index is 250. The highest BCUT2D eigenvalue weighted by molar-refractivity contribution is 5.41. The van der Waals surface area contributed by atoms with Crippen LogP contribution in [0, 0.1) is 6.92 Å². The molecule has 0 saturated carbocycles. The lowest BCUT2D eigenvalue weighted by Gasteiger charge is -2.02. The van der Waals surface area contributed by atoms with Crippen LogP contribution in [0.1, 0.15) is 12.1 Å². The average molecular weight is 151 g/mol. The molecule has 1 rings (SSSR count). The van der Waals surface area contributed by atoms with Crippen molar-refractivity contribution in [2.75, 3.05) is 6.54 Å². The van der Waals surface area contributed by atoms with E-state index < -0.39 is 0 Å². The molecule has 0 unspecified atom stereocenters. The van der Waals surface area contributed by atoms with E-state index in [1.54, 1.807) is 6.33 Å². The molecule has 0 aliphatic rings. The van der Waals surface area contributed by atoms with Crippen molar-refractivity contribution in [1.82, 2.24) is 9.55 Å². The van der Waals surface area contributed by atoms with Crippen molar-refractivity contribution in [3.05, 3.63) is 24.8 Å². The van der Waals surface area contributed by atoms with E-state index in [9.17, 15) is 0 Å². The van der Waals surface area contributed by atoms with E-state index in [1.807, 2.05) is 17.7 Å². The summed E-state index contributed by atoms with van der Waals surface area (Å²) in [5.74, 6) is 0. The molecule has 0 fully saturated rings. The van der Waals surface area contributed by atoms with Gasteiger partial charge in [0.15, 0.2) is 0 Å². The number of nitrogens with zero attached hydrogens (tertiary/aromatic N) is 2. The highest BCUT2D eigenvalue weighted by Crippen LogP contribution is 2.05. The first-order valence-electron chi connectivity index (χ1n) is 3.63. The maximum absolute atomic E-state index is 5.38. The zero-order valence-electron chi connectivity index (χ0n) is 6.75. The van der Waals surface area contributed by atoms with E-state index in [2.05, 4.69) is 11.6 Å². The summed E-state index contributed by atoms with van der Waals surface area (Å²) >= 11 is 0. The van der Waals surface area contributed by atoms with Crippen LogP contribution >= 0.6 is 0 Å². The number of aromatic nitrogens is 2. The van der Waals surface area contributed by atoms with E-state index in [-0.39, 0.29) is 0 Å². The second kappa shape index (κ2) is 3.34. The number of hydrogen-bond donors (Lipinski definition) is 1. The van der Waals surface area contributed by atoms with Crippen molar-refractivity contribution in [2.45, 2.75) is 13.3 Å². The second-order valence-electron chi connectivity index (χ2n) is 2.53. The fourth-order valence-electron chi connectivity index (χ4n) is 0.890. The Kier molecular flexibility index (Phi) is 2.44. The molecule has 3 nitrogen and oxygen atoms in total. The number of aryl methyl sites for hydroxylation is 1. The van der Waals surface area contributed by atoms with Crippen LogP contribution in [0.4, 0.5) is 0 Å². The Morgan fingerprint density at radius 1 is 1.82 bits per heavy atom. The molecule has 0 bridgehead atoms. The number of hydrogen-bond acceptors (Lipinski definition) is 2. The van der Waals surface area contributed by atoms with Gasteiger partial charge in [0.1, 0.15) is 0 Å². The summed E-state index contributed by atoms with van der Waals surface area (Å²) in [7, 11) is 0. The molecule has 0 saturated heterocycles. The Morgan fingerprint density at radius 2 is 2.55 bits per heavy atom. The predicted octanol–water partition coefficient (Wildman–Crippen LogP) is 1.01. The fourth-order valence-corrected chi connectivity index (χ4v) is 0.890. The van der Waals surface area contributed by atoms with Crippen molar-refractivity contribution in [2.24, 2.45) is 5.73 Å². The summed E-state index contributed by atoms with van der Waals surface area (Å²) in [6.45, 7) is 6.46. The summed E-state index contributed by atoms with van der Waals surface area (Å²) in [6, 6.07) is 0. The van der Waals surface area contributed by atoms with Gasteiger partial charge >= 0.3 is 0 Å². The van der Waals surface area contributed by atoms with Gasteiger partial charge < -0.3 is 10.3 Å². The lowest BCUT2D eigenvalue weighted by Crippen LogP contribution is -2.02. The molecule has 0 aliphatic carbocycles. The summed E-state index contributed by atoms with van der Waals surface area (Å²) in [6.07, 6.45) is 4.52. The first kappa shape index (κ1) is 8.01. The molecule has 0 spiro atoms. The van der Waals surface area contributed by atoms with Gasteiger partial charge in [0.25, 0.3) is 0 Å². The lowest BCUT2D eigenvalue weighted by molar-refractivity contribution is 0.937. The number of nitrogens with two attached hydrogens (primary N) is 1. The molecule has 0 aromatic carbocycles. The topological polar surface area (TPSA) is 43.8 Å².